The lowest BCUT2D eigenvalue weighted by molar-refractivity contribution is -0.394. The summed E-state index contributed by atoms with van der Waals surface area (Å²) in [6.07, 6.45) is -23.5. The van der Waals surface area contributed by atoms with Crippen LogP contribution in [0.4, 0.5) is 0 Å². The van der Waals surface area contributed by atoms with Crippen molar-refractivity contribution in [1.82, 2.24) is 0 Å². The van der Waals surface area contributed by atoms with Gasteiger partial charge in [-0.15, -0.1) is 0 Å². The highest BCUT2D eigenvalue weighted by molar-refractivity contribution is 5.34. The normalized spacial score (nSPS) is 52.9. The van der Waals surface area contributed by atoms with Crippen LogP contribution in [0.1, 0.15) is 92.4 Å². The van der Waals surface area contributed by atoms with E-state index in [1.807, 2.05) is 6.92 Å². The number of allylic oxidation sites excluding steroid dienone is 2. The van der Waals surface area contributed by atoms with Crippen LogP contribution in [0, 0.1) is 34.5 Å². The van der Waals surface area contributed by atoms with Gasteiger partial charge in [0.15, 0.2) is 25.2 Å². The van der Waals surface area contributed by atoms with Gasteiger partial charge in [0.05, 0.1) is 50.0 Å². The Bertz CT molecular complexity index is 1990. The van der Waals surface area contributed by atoms with Gasteiger partial charge in [-0.3, -0.25) is 0 Å². The topological polar surface area (TPSA) is 366 Å². The molecule has 0 radical (unpaired) electrons. The van der Waals surface area contributed by atoms with Gasteiger partial charge in [-0.1, -0.05) is 32.4 Å². The highest BCUT2D eigenvalue weighted by atomic mass is 16.8. The van der Waals surface area contributed by atoms with E-state index in [9.17, 15) is 71.5 Å². The maximum absolute atomic E-state index is 13.1. The number of fused-ring (bicyclic) bond motifs is 7. The Hall–Kier alpha value is -1.60. The zero-order valence-corrected chi connectivity index (χ0v) is 42.7. The van der Waals surface area contributed by atoms with Crippen molar-refractivity contribution in [3.63, 3.8) is 0 Å². The Kier molecular flexibility index (Phi) is 17.1. The SMILES string of the molecule is CC1=C(CCC(C)CO[C@@H]2O[C@H](CO)[C@@H](O)[C@H](O)[C@H]2O)OC2CC3(O)C4CC=C5C[C@@H](O[C@@H]6O[C@H](CO)[C@@H](O)[C@H](O[C@@H]7O[C@H](CO)[C@@H](O)[C@H](O)[C@H]7O)[C@H]6O[C@@H]6O[C@@H](C)[C@H](O)[C@@H](O)[C@H]6O)CC[C@]5(C)C4CC[C@]3(C)C12. The summed E-state index contributed by atoms with van der Waals surface area (Å²) < 4.78 is 54.7. The second kappa shape index (κ2) is 22.1. The summed E-state index contributed by atoms with van der Waals surface area (Å²) >= 11 is 0. The zero-order valence-electron chi connectivity index (χ0n) is 42.7. The average Bonchev–Trinajstić information content (AvgIpc) is 3.82. The molecular formula is C51H82O23. The molecule has 424 valence electrons. The maximum Gasteiger partial charge on any atom is 0.187 e. The fraction of sp³-hybridized carbons (Fsp3) is 0.922. The molecule has 0 aromatic heterocycles. The van der Waals surface area contributed by atoms with Crippen molar-refractivity contribution in [1.29, 1.82) is 0 Å². The molecule has 0 amide bonds. The highest BCUT2D eigenvalue weighted by Gasteiger charge is 2.71. The molecule has 0 aromatic carbocycles. The smallest absolute Gasteiger partial charge is 0.187 e. The van der Waals surface area contributed by atoms with E-state index in [2.05, 4.69) is 26.8 Å². The van der Waals surface area contributed by atoms with Gasteiger partial charge < -0.3 is 114 Å². The van der Waals surface area contributed by atoms with E-state index in [4.69, 9.17) is 42.6 Å². The molecule has 29 atom stereocenters. The molecule has 74 heavy (non-hydrogen) atoms. The summed E-state index contributed by atoms with van der Waals surface area (Å²) in [7, 11) is 0. The van der Waals surface area contributed by atoms with Crippen LogP contribution in [-0.4, -0.2) is 239 Å². The molecule has 4 saturated heterocycles. The van der Waals surface area contributed by atoms with Crippen LogP contribution in [0.3, 0.4) is 0 Å². The van der Waals surface area contributed by atoms with Crippen LogP contribution in [0.25, 0.3) is 0 Å². The van der Waals surface area contributed by atoms with Crippen molar-refractivity contribution in [3.05, 3.63) is 23.0 Å². The minimum atomic E-state index is -1.89. The standard InChI is InChI=1S/C51H82O23/c1-20(19-66-45-40(62)38(60)34(56)29(16-52)70-45)6-9-27-21(2)32-28(69-27)15-51(65)26-8-7-23-14-24(10-12-49(23,4)25(26)11-13-50(32,51)5)68-48-44(74-46-41(63)37(59)33(55)22(3)67-46)43(36(58)31(18-54)72-48)73-47-42(64)39(61)35(57)30(17-53)71-47/h7,20,22,24-26,28-48,52-65H,6,8-19H2,1-5H3/t20?,22-,24-,25?,26?,28?,29+,30+,31+,32?,33-,34+,35+,36+,37+,38-,39-,40+,41+,42+,43-,44+,45+,46-,47-,48+,49-,50+,51?/m0/s1. The van der Waals surface area contributed by atoms with E-state index in [1.54, 1.807) is 0 Å². The van der Waals surface area contributed by atoms with Crippen molar-refractivity contribution in [2.75, 3.05) is 26.4 Å². The van der Waals surface area contributed by atoms with Crippen molar-refractivity contribution < 1.29 is 114 Å². The van der Waals surface area contributed by atoms with Gasteiger partial charge in [-0.2, -0.15) is 0 Å². The lowest BCUT2D eigenvalue weighted by atomic mass is 9.45. The Morgan fingerprint density at radius 1 is 0.649 bits per heavy atom. The second-order valence-corrected chi connectivity index (χ2v) is 23.4. The number of ether oxygens (including phenoxy) is 9. The molecule has 7 fully saturated rings. The molecule has 9 aliphatic rings. The summed E-state index contributed by atoms with van der Waals surface area (Å²) in [6, 6.07) is 0. The number of aliphatic hydroxyl groups is 14. The van der Waals surface area contributed by atoms with E-state index in [0.717, 1.165) is 29.7 Å². The molecular weight excluding hydrogens is 981 g/mol. The lowest BCUT2D eigenvalue weighted by Crippen LogP contribution is -2.67. The number of hydrogen-bond donors (Lipinski definition) is 14. The van der Waals surface area contributed by atoms with Gasteiger partial charge in [0, 0.05) is 24.2 Å². The van der Waals surface area contributed by atoms with Gasteiger partial charge in [0.2, 0.25) is 0 Å². The van der Waals surface area contributed by atoms with Crippen molar-refractivity contribution >= 4 is 0 Å². The summed E-state index contributed by atoms with van der Waals surface area (Å²) in [5.41, 5.74) is 0.505. The third-order valence-electron chi connectivity index (χ3n) is 19.1. The van der Waals surface area contributed by atoms with Gasteiger partial charge in [0.25, 0.3) is 0 Å². The van der Waals surface area contributed by atoms with Crippen LogP contribution >= 0.6 is 0 Å². The van der Waals surface area contributed by atoms with Crippen LogP contribution in [0.2, 0.25) is 0 Å². The largest absolute Gasteiger partial charge is 0.494 e. The quantitative estimate of drug-likeness (QED) is 0.0730. The molecule has 0 spiro atoms. The minimum Gasteiger partial charge on any atom is -0.494 e. The molecule has 14 N–H and O–H groups in total. The molecule has 0 aromatic rings. The Morgan fingerprint density at radius 3 is 1.86 bits per heavy atom. The molecule has 23 nitrogen and oxygen atoms in total. The molecule has 23 heteroatoms. The predicted molar refractivity (Wildman–Crippen MR) is 250 cm³/mol. The monoisotopic (exact) mass is 1060 g/mol. The van der Waals surface area contributed by atoms with Crippen LogP contribution < -0.4 is 0 Å². The van der Waals surface area contributed by atoms with Gasteiger partial charge >= 0.3 is 0 Å². The summed E-state index contributed by atoms with van der Waals surface area (Å²) in [5, 5.41) is 149. The third-order valence-corrected chi connectivity index (χ3v) is 19.1. The van der Waals surface area contributed by atoms with E-state index >= 15 is 0 Å². The number of hydrogen-bond acceptors (Lipinski definition) is 23. The van der Waals surface area contributed by atoms with Crippen molar-refractivity contribution in [3.8, 4) is 0 Å². The van der Waals surface area contributed by atoms with Crippen molar-refractivity contribution in [2.45, 2.75) is 233 Å². The first-order valence-corrected chi connectivity index (χ1v) is 26.6. The fourth-order valence-corrected chi connectivity index (χ4v) is 14.5. The van der Waals surface area contributed by atoms with Gasteiger partial charge in [-0.25, -0.2) is 0 Å². The van der Waals surface area contributed by atoms with Crippen LogP contribution in [-0.2, 0) is 42.6 Å². The number of rotatable bonds is 15. The first-order valence-electron chi connectivity index (χ1n) is 26.6. The van der Waals surface area contributed by atoms with E-state index < -0.39 is 160 Å². The minimum absolute atomic E-state index is 0.00496. The lowest BCUT2D eigenvalue weighted by Gasteiger charge is -2.61. The Morgan fingerprint density at radius 2 is 1.22 bits per heavy atom. The van der Waals surface area contributed by atoms with Gasteiger partial charge in [0.1, 0.15) is 97.7 Å². The van der Waals surface area contributed by atoms with Crippen LogP contribution in [0.5, 0.6) is 0 Å². The first-order chi connectivity index (χ1) is 35.0. The summed E-state index contributed by atoms with van der Waals surface area (Å²) in [5.74, 6) is 1.02. The zero-order chi connectivity index (χ0) is 53.5. The van der Waals surface area contributed by atoms with Crippen molar-refractivity contribution in [2.24, 2.45) is 34.5 Å². The summed E-state index contributed by atoms with van der Waals surface area (Å²) in [6.45, 7) is 8.18. The van der Waals surface area contributed by atoms with Gasteiger partial charge in [-0.05, 0) is 87.5 Å². The molecule has 5 aliphatic heterocycles. The molecule has 9 rings (SSSR count). The molecule has 4 aliphatic carbocycles. The maximum atomic E-state index is 13.1. The summed E-state index contributed by atoms with van der Waals surface area (Å²) in [4.78, 5) is 0. The van der Waals surface area contributed by atoms with Crippen LogP contribution in [0.15, 0.2) is 23.0 Å². The predicted octanol–water partition coefficient (Wildman–Crippen LogP) is -2.94. The fourth-order valence-electron chi connectivity index (χ4n) is 14.5. The Labute approximate surface area is 430 Å². The first kappa shape index (κ1) is 57.1. The average molecular weight is 1060 g/mol. The Balaban J connectivity index is 0.881. The molecule has 0 bridgehead atoms. The highest BCUT2D eigenvalue weighted by Crippen LogP contribution is 2.70. The third kappa shape index (κ3) is 9.86. The molecule has 3 saturated carbocycles. The van der Waals surface area contributed by atoms with E-state index in [1.165, 1.54) is 6.92 Å². The van der Waals surface area contributed by atoms with E-state index in [-0.39, 0.29) is 41.8 Å². The second-order valence-electron chi connectivity index (χ2n) is 23.4. The van der Waals surface area contributed by atoms with E-state index in [0.29, 0.717) is 44.9 Å². The molecule has 6 unspecified atom stereocenters. The number of aliphatic hydroxyl groups excluding tert-OH is 13. The molecule has 5 heterocycles.